The maximum Gasteiger partial charge on any atom is 0.245 e. The molecule has 2 unspecified atom stereocenters. The van der Waals surface area contributed by atoms with Crippen LogP contribution in [-0.2, 0) is 0 Å². The van der Waals surface area contributed by atoms with Gasteiger partial charge in [-0.25, -0.2) is 10.9 Å². The van der Waals surface area contributed by atoms with E-state index < -0.39 is 0 Å². The van der Waals surface area contributed by atoms with E-state index in [1.807, 2.05) is 12.1 Å². The predicted octanol–water partition coefficient (Wildman–Crippen LogP) is 3.03. The Morgan fingerprint density at radius 3 is 2.75 bits per heavy atom. The summed E-state index contributed by atoms with van der Waals surface area (Å²) in [6, 6.07) is 10.5. The maximum absolute atomic E-state index is 5.44. The molecule has 2 atom stereocenters. The Kier molecular flexibility index (Phi) is 3.84. The Morgan fingerprint density at radius 1 is 1.08 bits per heavy atom. The summed E-state index contributed by atoms with van der Waals surface area (Å²) in [5, 5.41) is 4.06. The molecular formula is C18H19N5O. The van der Waals surface area contributed by atoms with Crippen LogP contribution in [0.4, 0.5) is 0 Å². The van der Waals surface area contributed by atoms with Crippen molar-refractivity contribution in [2.75, 3.05) is 0 Å². The number of hydrogen-bond donors (Lipinski definition) is 2. The van der Waals surface area contributed by atoms with Crippen molar-refractivity contribution in [2.45, 2.75) is 32.4 Å². The first-order valence-corrected chi connectivity index (χ1v) is 8.03. The lowest BCUT2D eigenvalue weighted by Crippen LogP contribution is -2.26. The van der Waals surface area contributed by atoms with Crippen LogP contribution in [0, 0.1) is 13.8 Å². The summed E-state index contributed by atoms with van der Waals surface area (Å²) in [7, 11) is 0. The molecule has 6 heteroatoms. The molecule has 0 radical (unpaired) electrons. The van der Waals surface area contributed by atoms with E-state index in [2.05, 4.69) is 58.0 Å². The van der Waals surface area contributed by atoms with E-state index in [0.29, 0.717) is 11.7 Å². The van der Waals surface area contributed by atoms with Crippen molar-refractivity contribution >= 4 is 0 Å². The van der Waals surface area contributed by atoms with Crippen molar-refractivity contribution < 1.29 is 4.52 Å². The molecule has 3 aromatic rings. The number of hydrazine groups is 1. The molecule has 1 saturated heterocycles. The van der Waals surface area contributed by atoms with Gasteiger partial charge in [-0.1, -0.05) is 23.4 Å². The van der Waals surface area contributed by atoms with Gasteiger partial charge in [-0.05, 0) is 49.1 Å². The number of nitrogens with one attached hydrogen (secondary N) is 2. The smallest absolute Gasteiger partial charge is 0.245 e. The summed E-state index contributed by atoms with van der Waals surface area (Å²) >= 11 is 0. The quantitative estimate of drug-likeness (QED) is 0.772. The molecule has 0 spiro atoms. The first kappa shape index (κ1) is 15.0. The van der Waals surface area contributed by atoms with Crippen molar-refractivity contribution in [1.29, 1.82) is 0 Å². The highest BCUT2D eigenvalue weighted by Crippen LogP contribution is 2.31. The zero-order chi connectivity index (χ0) is 16.5. The zero-order valence-corrected chi connectivity index (χ0v) is 13.7. The number of nitrogens with zero attached hydrogens (tertiary/aromatic N) is 3. The Hall–Kier alpha value is -2.57. The molecule has 1 aliphatic heterocycles. The molecule has 122 valence electrons. The van der Waals surface area contributed by atoms with Crippen LogP contribution < -0.4 is 10.9 Å². The van der Waals surface area contributed by atoms with Crippen LogP contribution in [0.15, 0.2) is 47.2 Å². The molecule has 0 saturated carbocycles. The highest BCUT2D eigenvalue weighted by atomic mass is 16.5. The van der Waals surface area contributed by atoms with E-state index in [4.69, 9.17) is 4.52 Å². The van der Waals surface area contributed by atoms with Crippen molar-refractivity contribution in [1.82, 2.24) is 26.0 Å². The van der Waals surface area contributed by atoms with Gasteiger partial charge in [0.1, 0.15) is 6.04 Å². The van der Waals surface area contributed by atoms with Crippen LogP contribution in [0.25, 0.3) is 11.4 Å². The number of aryl methyl sites for hydroxylation is 2. The van der Waals surface area contributed by atoms with Crippen LogP contribution in [0.3, 0.4) is 0 Å². The molecule has 3 heterocycles. The number of benzene rings is 1. The molecule has 0 aliphatic carbocycles. The lowest BCUT2D eigenvalue weighted by Gasteiger charge is -2.11. The van der Waals surface area contributed by atoms with Crippen LogP contribution >= 0.6 is 0 Å². The highest BCUT2D eigenvalue weighted by molar-refractivity contribution is 5.51. The fraction of sp³-hybridized carbons (Fsp3) is 0.278. The molecule has 1 aromatic carbocycles. The number of rotatable bonds is 3. The molecule has 1 fully saturated rings. The minimum Gasteiger partial charge on any atom is -0.337 e. The molecule has 2 N–H and O–H groups in total. The van der Waals surface area contributed by atoms with Gasteiger partial charge in [0.2, 0.25) is 11.7 Å². The summed E-state index contributed by atoms with van der Waals surface area (Å²) in [6.45, 7) is 4.26. The third kappa shape index (κ3) is 2.81. The maximum atomic E-state index is 5.44. The topological polar surface area (TPSA) is 75.9 Å². The van der Waals surface area contributed by atoms with Crippen LogP contribution in [0.5, 0.6) is 0 Å². The van der Waals surface area contributed by atoms with Gasteiger partial charge in [0.05, 0.1) is 0 Å². The van der Waals surface area contributed by atoms with Gasteiger partial charge in [0, 0.05) is 24.0 Å². The Labute approximate surface area is 140 Å². The van der Waals surface area contributed by atoms with Crippen molar-refractivity contribution in [3.63, 3.8) is 0 Å². The third-order valence-corrected chi connectivity index (χ3v) is 4.50. The monoisotopic (exact) mass is 321 g/mol. The SMILES string of the molecule is Cc1ccc(C2CC(c3nc(-c4cccnc4)no3)NN2)cc1C. The molecule has 4 rings (SSSR count). The third-order valence-electron chi connectivity index (χ3n) is 4.50. The zero-order valence-electron chi connectivity index (χ0n) is 13.7. The second kappa shape index (κ2) is 6.14. The van der Waals surface area contributed by atoms with Crippen LogP contribution in [0.1, 0.15) is 41.1 Å². The van der Waals surface area contributed by atoms with E-state index in [1.54, 1.807) is 12.4 Å². The second-order valence-corrected chi connectivity index (χ2v) is 6.17. The fourth-order valence-corrected chi connectivity index (χ4v) is 2.91. The van der Waals surface area contributed by atoms with Gasteiger partial charge in [0.25, 0.3) is 0 Å². The Bertz CT molecular complexity index is 846. The summed E-state index contributed by atoms with van der Waals surface area (Å²) in [5.74, 6) is 1.15. The predicted molar refractivity (Wildman–Crippen MR) is 89.8 cm³/mol. The van der Waals surface area contributed by atoms with Crippen molar-refractivity contribution in [3.05, 3.63) is 65.3 Å². The van der Waals surface area contributed by atoms with E-state index >= 15 is 0 Å². The minimum atomic E-state index is -0.00506. The van der Waals surface area contributed by atoms with Crippen molar-refractivity contribution in [3.8, 4) is 11.4 Å². The molecule has 2 aromatic heterocycles. The van der Waals surface area contributed by atoms with Gasteiger partial charge in [-0.2, -0.15) is 4.98 Å². The van der Waals surface area contributed by atoms with Gasteiger partial charge < -0.3 is 4.52 Å². The lowest BCUT2D eigenvalue weighted by molar-refractivity contribution is 0.340. The minimum absolute atomic E-state index is 0.00506. The van der Waals surface area contributed by atoms with Gasteiger partial charge in [0.15, 0.2) is 0 Å². The average molecular weight is 321 g/mol. The molecule has 0 amide bonds. The summed E-state index contributed by atoms with van der Waals surface area (Å²) in [5.41, 5.74) is 11.3. The standard InChI is InChI=1S/C18H19N5O/c1-11-5-6-13(8-12(11)2)15-9-16(22-21-15)18-20-17(23-24-18)14-4-3-7-19-10-14/h3-8,10,15-16,21-22H,9H2,1-2H3. The molecule has 6 nitrogen and oxygen atoms in total. The molecule has 1 aliphatic rings. The van der Waals surface area contributed by atoms with E-state index in [9.17, 15) is 0 Å². The summed E-state index contributed by atoms with van der Waals surface area (Å²) in [4.78, 5) is 8.59. The van der Waals surface area contributed by atoms with E-state index in [-0.39, 0.29) is 12.1 Å². The first-order valence-electron chi connectivity index (χ1n) is 8.03. The van der Waals surface area contributed by atoms with Gasteiger partial charge >= 0.3 is 0 Å². The van der Waals surface area contributed by atoms with Crippen LogP contribution in [0.2, 0.25) is 0 Å². The number of pyridine rings is 1. The average Bonchev–Trinajstić information content (AvgIpc) is 3.27. The summed E-state index contributed by atoms with van der Waals surface area (Å²) in [6.07, 6.45) is 4.31. The van der Waals surface area contributed by atoms with Gasteiger partial charge in [-0.3, -0.25) is 4.98 Å². The highest BCUT2D eigenvalue weighted by Gasteiger charge is 2.30. The van der Waals surface area contributed by atoms with E-state index in [0.717, 1.165) is 12.0 Å². The normalized spacial score (nSPS) is 20.4. The number of aromatic nitrogens is 3. The Morgan fingerprint density at radius 2 is 1.96 bits per heavy atom. The van der Waals surface area contributed by atoms with Crippen molar-refractivity contribution in [2.24, 2.45) is 0 Å². The van der Waals surface area contributed by atoms with Gasteiger partial charge in [-0.15, -0.1) is 0 Å². The van der Waals surface area contributed by atoms with Crippen LogP contribution in [-0.4, -0.2) is 15.1 Å². The first-order chi connectivity index (χ1) is 11.7. The molecular weight excluding hydrogens is 302 g/mol. The molecule has 0 bridgehead atoms. The number of hydrogen-bond acceptors (Lipinski definition) is 6. The lowest BCUT2D eigenvalue weighted by atomic mass is 9.98. The fourth-order valence-electron chi connectivity index (χ4n) is 2.91. The van der Waals surface area contributed by atoms with E-state index in [1.165, 1.54) is 16.7 Å². The second-order valence-electron chi connectivity index (χ2n) is 6.17. The Balaban J connectivity index is 1.51. The molecule has 24 heavy (non-hydrogen) atoms. The summed E-state index contributed by atoms with van der Waals surface area (Å²) < 4.78 is 5.44. The largest absolute Gasteiger partial charge is 0.337 e.